The second-order valence-electron chi connectivity index (χ2n) is 8.51. The Morgan fingerprint density at radius 1 is 1.07 bits per heavy atom. The molecule has 0 spiro atoms. The minimum Gasteiger partial charge on any atom is -0.493 e. The minimum atomic E-state index is -0.709. The number of hydrogen-bond donors (Lipinski definition) is 1. The summed E-state index contributed by atoms with van der Waals surface area (Å²) in [4.78, 5) is 15.4. The lowest BCUT2D eigenvalue weighted by Crippen LogP contribution is -2.56. The first kappa shape index (κ1) is 20.7. The molecule has 1 aliphatic carbocycles. The molecule has 1 saturated carbocycles. The molecule has 5 heteroatoms. The molecule has 2 aliphatic rings. The van der Waals surface area contributed by atoms with Crippen molar-refractivity contribution < 1.29 is 19.4 Å². The minimum absolute atomic E-state index is 0.0258. The first-order valence-electron chi connectivity index (χ1n) is 10.8. The topological polar surface area (TPSA) is 59.0 Å². The number of methoxy groups -OCH3 is 2. The van der Waals surface area contributed by atoms with Gasteiger partial charge in [0, 0.05) is 12.5 Å². The van der Waals surface area contributed by atoms with Gasteiger partial charge in [-0.2, -0.15) is 0 Å². The fourth-order valence-electron chi connectivity index (χ4n) is 5.28. The molecule has 1 amide bonds. The molecule has 2 aromatic carbocycles. The van der Waals surface area contributed by atoms with Crippen LogP contribution in [0.5, 0.6) is 11.5 Å². The van der Waals surface area contributed by atoms with Crippen molar-refractivity contribution in [1.82, 2.24) is 4.90 Å². The smallest absolute Gasteiger partial charge is 0.227 e. The molecule has 30 heavy (non-hydrogen) atoms. The van der Waals surface area contributed by atoms with E-state index < -0.39 is 5.60 Å². The lowest BCUT2D eigenvalue weighted by atomic mass is 9.66. The van der Waals surface area contributed by atoms with Crippen LogP contribution in [-0.4, -0.2) is 42.3 Å². The Morgan fingerprint density at radius 3 is 2.57 bits per heavy atom. The van der Waals surface area contributed by atoms with Crippen LogP contribution in [0.3, 0.4) is 0 Å². The van der Waals surface area contributed by atoms with Crippen LogP contribution in [0.1, 0.15) is 49.3 Å². The summed E-state index contributed by atoms with van der Waals surface area (Å²) < 4.78 is 10.9. The molecule has 3 atom stereocenters. The zero-order valence-corrected chi connectivity index (χ0v) is 17.8. The van der Waals surface area contributed by atoms with Gasteiger partial charge in [-0.15, -0.1) is 0 Å². The molecule has 1 saturated heterocycles. The molecule has 2 fully saturated rings. The van der Waals surface area contributed by atoms with Crippen LogP contribution in [0, 0.1) is 5.92 Å². The fourth-order valence-corrected chi connectivity index (χ4v) is 5.28. The molecule has 5 nitrogen and oxygen atoms in total. The third kappa shape index (κ3) is 3.91. The monoisotopic (exact) mass is 409 g/mol. The predicted molar refractivity (Wildman–Crippen MR) is 116 cm³/mol. The Bertz CT molecular complexity index is 884. The van der Waals surface area contributed by atoms with Crippen LogP contribution in [0.15, 0.2) is 48.5 Å². The van der Waals surface area contributed by atoms with Gasteiger partial charge in [0.15, 0.2) is 11.5 Å². The van der Waals surface area contributed by atoms with Gasteiger partial charge in [-0.3, -0.25) is 4.79 Å². The highest BCUT2D eigenvalue weighted by molar-refractivity contribution is 5.79. The SMILES string of the molecule is COc1ccc([C@H]2[C@@H]3CCCC[C@]3(O)CCN2C(=O)Cc2ccccc2)cc1OC. The van der Waals surface area contributed by atoms with Crippen molar-refractivity contribution in [2.24, 2.45) is 5.92 Å². The zero-order chi connectivity index (χ0) is 21.1. The summed E-state index contributed by atoms with van der Waals surface area (Å²) in [7, 11) is 3.24. The van der Waals surface area contributed by atoms with Crippen LogP contribution >= 0.6 is 0 Å². The number of benzene rings is 2. The van der Waals surface area contributed by atoms with Crippen molar-refractivity contribution in [3.8, 4) is 11.5 Å². The van der Waals surface area contributed by atoms with E-state index in [4.69, 9.17) is 9.47 Å². The van der Waals surface area contributed by atoms with E-state index >= 15 is 0 Å². The highest BCUT2D eigenvalue weighted by Gasteiger charge is 2.50. The normalized spacial score (nSPS) is 26.0. The van der Waals surface area contributed by atoms with Crippen molar-refractivity contribution in [3.63, 3.8) is 0 Å². The molecule has 4 rings (SSSR count). The number of amides is 1. The molecule has 1 heterocycles. The number of rotatable bonds is 5. The fraction of sp³-hybridized carbons (Fsp3) is 0.480. The van der Waals surface area contributed by atoms with Gasteiger partial charge in [-0.1, -0.05) is 49.2 Å². The number of hydrogen-bond acceptors (Lipinski definition) is 4. The maximum Gasteiger partial charge on any atom is 0.227 e. The molecule has 160 valence electrons. The first-order chi connectivity index (χ1) is 14.6. The summed E-state index contributed by atoms with van der Waals surface area (Å²) in [6.45, 7) is 0.567. The van der Waals surface area contributed by atoms with Gasteiger partial charge >= 0.3 is 0 Å². The molecule has 0 unspecified atom stereocenters. The van der Waals surface area contributed by atoms with E-state index in [1.807, 2.05) is 53.4 Å². The highest BCUT2D eigenvalue weighted by Crippen LogP contribution is 2.50. The van der Waals surface area contributed by atoms with Crippen LogP contribution in [0.4, 0.5) is 0 Å². The maximum absolute atomic E-state index is 13.4. The van der Waals surface area contributed by atoms with E-state index in [9.17, 15) is 9.90 Å². The summed E-state index contributed by atoms with van der Waals surface area (Å²) in [5.41, 5.74) is 1.30. The predicted octanol–water partition coefficient (Wildman–Crippen LogP) is 4.14. The maximum atomic E-state index is 13.4. The van der Waals surface area contributed by atoms with E-state index in [2.05, 4.69) is 0 Å². The van der Waals surface area contributed by atoms with Crippen molar-refractivity contribution in [1.29, 1.82) is 0 Å². The van der Waals surface area contributed by atoms with E-state index in [0.29, 0.717) is 30.9 Å². The number of nitrogens with zero attached hydrogens (tertiary/aromatic N) is 1. The summed E-state index contributed by atoms with van der Waals surface area (Å²) in [6.07, 6.45) is 4.87. The van der Waals surface area contributed by atoms with Crippen molar-refractivity contribution in [2.45, 2.75) is 50.2 Å². The van der Waals surface area contributed by atoms with Gasteiger partial charge in [0.2, 0.25) is 5.91 Å². The lowest BCUT2D eigenvalue weighted by molar-refractivity contribution is -0.154. The van der Waals surface area contributed by atoms with Crippen LogP contribution < -0.4 is 9.47 Å². The molecule has 0 bridgehead atoms. The molecule has 1 aliphatic heterocycles. The summed E-state index contributed by atoms with van der Waals surface area (Å²) in [5, 5.41) is 11.4. The summed E-state index contributed by atoms with van der Waals surface area (Å²) >= 11 is 0. The Hall–Kier alpha value is -2.53. The molecule has 1 N–H and O–H groups in total. The van der Waals surface area contributed by atoms with Crippen molar-refractivity contribution >= 4 is 5.91 Å². The average Bonchev–Trinajstić information content (AvgIpc) is 2.78. The van der Waals surface area contributed by atoms with E-state index in [1.54, 1.807) is 14.2 Å². The third-order valence-corrected chi connectivity index (χ3v) is 6.84. The number of carbonyl (C=O) groups excluding carboxylic acids is 1. The second kappa shape index (κ2) is 8.68. The van der Waals surface area contributed by atoms with Crippen LogP contribution in [-0.2, 0) is 11.2 Å². The first-order valence-corrected chi connectivity index (χ1v) is 10.8. The number of likely N-dealkylation sites (tertiary alicyclic amines) is 1. The molecule has 2 aromatic rings. The van der Waals surface area contributed by atoms with Gasteiger partial charge in [0.1, 0.15) is 0 Å². The number of aliphatic hydroxyl groups is 1. The lowest BCUT2D eigenvalue weighted by Gasteiger charge is -2.52. The van der Waals surface area contributed by atoms with Crippen molar-refractivity contribution in [3.05, 3.63) is 59.7 Å². The van der Waals surface area contributed by atoms with Gasteiger partial charge in [0.05, 0.1) is 32.3 Å². The number of ether oxygens (including phenoxy) is 2. The molecule has 0 radical (unpaired) electrons. The van der Waals surface area contributed by atoms with Crippen LogP contribution in [0.25, 0.3) is 0 Å². The quantitative estimate of drug-likeness (QED) is 0.806. The largest absolute Gasteiger partial charge is 0.493 e. The Kier molecular flexibility index (Phi) is 6.00. The van der Waals surface area contributed by atoms with Gasteiger partial charge in [0.25, 0.3) is 0 Å². The third-order valence-electron chi connectivity index (χ3n) is 6.84. The molecular formula is C25H31NO4. The van der Waals surface area contributed by atoms with E-state index in [1.165, 1.54) is 0 Å². The van der Waals surface area contributed by atoms with Gasteiger partial charge < -0.3 is 19.5 Å². The van der Waals surface area contributed by atoms with Gasteiger partial charge in [-0.25, -0.2) is 0 Å². The number of fused-ring (bicyclic) bond motifs is 1. The second-order valence-corrected chi connectivity index (χ2v) is 8.51. The Balaban J connectivity index is 1.70. The highest BCUT2D eigenvalue weighted by atomic mass is 16.5. The van der Waals surface area contributed by atoms with Gasteiger partial charge in [-0.05, 0) is 42.5 Å². The summed E-state index contributed by atoms with van der Waals surface area (Å²) in [5.74, 6) is 1.44. The standard InChI is InChI=1S/C25H31NO4/c1-29-21-12-11-19(17-22(21)30-2)24-20-10-6-7-13-25(20,28)14-15-26(24)23(27)16-18-8-4-3-5-9-18/h3-5,8-9,11-12,17,20,24,28H,6-7,10,13-16H2,1-2H3/t20-,24-,25-/m0/s1. The van der Waals surface area contributed by atoms with Crippen molar-refractivity contribution in [2.75, 3.05) is 20.8 Å². The molecular weight excluding hydrogens is 378 g/mol. The molecule has 0 aromatic heterocycles. The van der Waals surface area contributed by atoms with E-state index in [-0.39, 0.29) is 17.9 Å². The number of piperidine rings is 1. The zero-order valence-electron chi connectivity index (χ0n) is 17.8. The van der Waals surface area contributed by atoms with E-state index in [0.717, 1.165) is 36.8 Å². The Labute approximate surface area is 178 Å². The number of carbonyl (C=O) groups is 1. The average molecular weight is 410 g/mol. The van der Waals surface area contributed by atoms with Crippen LogP contribution in [0.2, 0.25) is 0 Å². The Morgan fingerprint density at radius 2 is 1.83 bits per heavy atom. The summed E-state index contributed by atoms with van der Waals surface area (Å²) in [6, 6.07) is 15.6.